The molecule has 1 aliphatic rings. The van der Waals surface area contributed by atoms with E-state index in [-0.39, 0.29) is 0 Å². The average molecular weight is 252 g/mol. The van der Waals surface area contributed by atoms with Crippen LogP contribution >= 0.6 is 0 Å². The molecule has 1 saturated heterocycles. The molecule has 1 aliphatic heterocycles. The summed E-state index contributed by atoms with van der Waals surface area (Å²) in [5, 5.41) is 0. The van der Waals surface area contributed by atoms with Gasteiger partial charge in [0.15, 0.2) is 0 Å². The van der Waals surface area contributed by atoms with E-state index in [1.54, 1.807) is 0 Å². The van der Waals surface area contributed by atoms with Crippen LogP contribution in [0.15, 0.2) is 29.2 Å². The van der Waals surface area contributed by atoms with Crippen LogP contribution in [-0.4, -0.2) is 34.5 Å². The fraction of sp³-hybridized carbons (Fsp3) is 0.538. The smallest absolute Gasteiger partial charge is 0.0617 e. The van der Waals surface area contributed by atoms with Gasteiger partial charge >= 0.3 is 0 Å². The van der Waals surface area contributed by atoms with Gasteiger partial charge in [-0.25, -0.2) is 0 Å². The number of rotatable bonds is 5. The average Bonchev–Trinajstić information content (AvgIpc) is 2.82. The number of hydrogen-bond acceptors (Lipinski definition) is 3. The molecule has 1 aromatic rings. The van der Waals surface area contributed by atoms with E-state index in [9.17, 15) is 4.21 Å². The topological polar surface area (TPSA) is 46.3 Å². The van der Waals surface area contributed by atoms with Crippen LogP contribution in [0.3, 0.4) is 0 Å². The maximum absolute atomic E-state index is 12.1. The van der Waals surface area contributed by atoms with Crippen LogP contribution in [0.25, 0.3) is 0 Å². The van der Waals surface area contributed by atoms with Gasteiger partial charge in [-0.2, -0.15) is 0 Å². The number of nitrogen functional groups attached to an aromatic ring is 1. The Morgan fingerprint density at radius 3 is 2.65 bits per heavy atom. The molecule has 0 bridgehead atoms. The molecule has 94 valence electrons. The van der Waals surface area contributed by atoms with Crippen LogP contribution < -0.4 is 5.73 Å². The van der Waals surface area contributed by atoms with Crippen LogP contribution in [0, 0.1) is 0 Å². The van der Waals surface area contributed by atoms with Gasteiger partial charge in [-0.05, 0) is 51.0 Å². The van der Waals surface area contributed by atoms with Gasteiger partial charge in [-0.3, -0.25) is 4.21 Å². The maximum Gasteiger partial charge on any atom is 0.0617 e. The van der Waals surface area contributed by atoms with Crippen LogP contribution in [0.2, 0.25) is 0 Å². The van der Waals surface area contributed by atoms with Gasteiger partial charge in [0, 0.05) is 11.4 Å². The summed E-state index contributed by atoms with van der Waals surface area (Å²) in [6, 6.07) is 7.44. The number of likely N-dealkylation sites (tertiary alicyclic amines) is 1. The van der Waals surface area contributed by atoms with Gasteiger partial charge in [-0.15, -0.1) is 0 Å². The minimum absolute atomic E-state index is 0.645. The number of nitrogens with zero attached hydrogens (tertiary/aromatic N) is 1. The third kappa shape index (κ3) is 3.54. The highest BCUT2D eigenvalue weighted by Crippen LogP contribution is 2.16. The number of hydrogen-bond donors (Lipinski definition) is 1. The zero-order valence-corrected chi connectivity index (χ0v) is 10.9. The Bertz CT molecular complexity index is 389. The lowest BCUT2D eigenvalue weighted by Crippen LogP contribution is -2.21. The molecule has 4 heteroatoms. The van der Waals surface area contributed by atoms with Crippen molar-refractivity contribution in [2.45, 2.75) is 24.2 Å². The molecule has 1 fully saturated rings. The van der Waals surface area contributed by atoms with Gasteiger partial charge in [0.2, 0.25) is 0 Å². The number of nitrogens with two attached hydrogens (primary N) is 1. The Morgan fingerprint density at radius 2 is 1.94 bits per heavy atom. The van der Waals surface area contributed by atoms with Gasteiger partial charge in [0.25, 0.3) is 0 Å². The molecule has 0 aromatic heterocycles. The molecule has 1 aromatic carbocycles. The molecular formula is C13H20N2OS. The van der Waals surface area contributed by atoms with Crippen molar-refractivity contribution in [3.8, 4) is 0 Å². The molecule has 3 nitrogen and oxygen atoms in total. The van der Waals surface area contributed by atoms with Crippen LogP contribution in [0.1, 0.15) is 19.3 Å². The van der Waals surface area contributed by atoms with Crippen LogP contribution in [0.4, 0.5) is 5.69 Å². The molecule has 2 N–H and O–H groups in total. The second kappa shape index (κ2) is 6.17. The van der Waals surface area contributed by atoms with Crippen molar-refractivity contribution >= 4 is 16.5 Å². The largest absolute Gasteiger partial charge is 0.398 e. The molecule has 0 spiro atoms. The summed E-state index contributed by atoms with van der Waals surface area (Å²) in [6.45, 7) is 3.48. The van der Waals surface area contributed by atoms with E-state index in [4.69, 9.17) is 5.73 Å². The van der Waals surface area contributed by atoms with Crippen LogP contribution in [0.5, 0.6) is 0 Å². The van der Waals surface area contributed by atoms with Gasteiger partial charge in [-0.1, -0.05) is 12.1 Å². The second-order valence-electron chi connectivity index (χ2n) is 4.49. The molecule has 2 rings (SSSR count). The Labute approximate surface area is 105 Å². The predicted octanol–water partition coefficient (Wildman–Crippen LogP) is 1.86. The first-order valence-corrected chi connectivity index (χ1v) is 7.54. The van der Waals surface area contributed by atoms with Crippen molar-refractivity contribution in [3.63, 3.8) is 0 Å². The molecule has 17 heavy (non-hydrogen) atoms. The summed E-state index contributed by atoms with van der Waals surface area (Å²) in [7, 11) is -0.947. The monoisotopic (exact) mass is 252 g/mol. The number of para-hydroxylation sites is 1. The highest BCUT2D eigenvalue weighted by molar-refractivity contribution is 7.85. The summed E-state index contributed by atoms with van der Waals surface area (Å²) < 4.78 is 12.1. The van der Waals surface area contributed by atoms with Gasteiger partial charge in [0.05, 0.1) is 15.7 Å². The van der Waals surface area contributed by atoms with E-state index < -0.39 is 10.8 Å². The molecule has 1 heterocycles. The Morgan fingerprint density at radius 1 is 1.24 bits per heavy atom. The Hall–Kier alpha value is -0.870. The minimum atomic E-state index is -0.947. The number of anilines is 1. The molecule has 1 unspecified atom stereocenters. The highest BCUT2D eigenvalue weighted by Gasteiger charge is 2.12. The van der Waals surface area contributed by atoms with E-state index in [1.165, 1.54) is 25.9 Å². The molecular weight excluding hydrogens is 232 g/mol. The third-order valence-corrected chi connectivity index (χ3v) is 4.69. The van der Waals surface area contributed by atoms with Gasteiger partial charge in [0.1, 0.15) is 0 Å². The molecule has 0 aliphatic carbocycles. The first kappa shape index (κ1) is 12.6. The zero-order valence-electron chi connectivity index (χ0n) is 10.1. The van der Waals surface area contributed by atoms with Crippen molar-refractivity contribution in [1.82, 2.24) is 4.90 Å². The fourth-order valence-corrected chi connectivity index (χ4v) is 3.40. The van der Waals surface area contributed by atoms with E-state index in [1.807, 2.05) is 24.3 Å². The first-order valence-electron chi connectivity index (χ1n) is 6.22. The number of benzene rings is 1. The van der Waals surface area contributed by atoms with Crippen molar-refractivity contribution in [1.29, 1.82) is 0 Å². The van der Waals surface area contributed by atoms with Crippen molar-refractivity contribution in [2.75, 3.05) is 31.1 Å². The zero-order chi connectivity index (χ0) is 12.1. The van der Waals surface area contributed by atoms with E-state index in [0.29, 0.717) is 11.4 Å². The summed E-state index contributed by atoms with van der Waals surface area (Å²) in [6.07, 6.45) is 3.62. The normalized spacial score (nSPS) is 18.4. The SMILES string of the molecule is Nc1ccccc1S(=O)CCCN1CCCC1. The molecule has 1 atom stereocenters. The quantitative estimate of drug-likeness (QED) is 0.814. The first-order chi connectivity index (χ1) is 8.27. The highest BCUT2D eigenvalue weighted by atomic mass is 32.2. The summed E-state index contributed by atoms with van der Waals surface area (Å²) in [5.74, 6) is 0.713. The Kier molecular flexibility index (Phi) is 4.57. The molecule has 0 radical (unpaired) electrons. The summed E-state index contributed by atoms with van der Waals surface area (Å²) in [5.41, 5.74) is 6.46. The summed E-state index contributed by atoms with van der Waals surface area (Å²) >= 11 is 0. The van der Waals surface area contributed by atoms with Crippen molar-refractivity contribution in [2.24, 2.45) is 0 Å². The fourth-order valence-electron chi connectivity index (χ4n) is 2.22. The lowest BCUT2D eigenvalue weighted by atomic mass is 10.3. The van der Waals surface area contributed by atoms with E-state index >= 15 is 0 Å². The van der Waals surface area contributed by atoms with Crippen molar-refractivity contribution < 1.29 is 4.21 Å². The minimum Gasteiger partial charge on any atom is -0.398 e. The molecule has 0 amide bonds. The predicted molar refractivity (Wildman–Crippen MR) is 72.4 cm³/mol. The Balaban J connectivity index is 1.79. The maximum atomic E-state index is 12.1. The standard InChI is InChI=1S/C13H20N2OS/c14-12-6-1-2-7-13(12)17(16)11-5-10-15-8-3-4-9-15/h1-2,6-7H,3-5,8-11,14H2. The summed E-state index contributed by atoms with van der Waals surface area (Å²) in [4.78, 5) is 3.24. The van der Waals surface area contributed by atoms with Crippen molar-refractivity contribution in [3.05, 3.63) is 24.3 Å². The lowest BCUT2D eigenvalue weighted by Gasteiger charge is -2.13. The van der Waals surface area contributed by atoms with Crippen LogP contribution in [-0.2, 0) is 10.8 Å². The third-order valence-electron chi connectivity index (χ3n) is 3.17. The second-order valence-corrected chi connectivity index (χ2v) is 6.03. The van der Waals surface area contributed by atoms with E-state index in [0.717, 1.165) is 17.9 Å². The van der Waals surface area contributed by atoms with E-state index in [2.05, 4.69) is 4.90 Å². The molecule has 0 saturated carbocycles. The van der Waals surface area contributed by atoms with Gasteiger partial charge < -0.3 is 10.6 Å². The lowest BCUT2D eigenvalue weighted by molar-refractivity contribution is 0.340.